The van der Waals surface area contributed by atoms with Crippen LogP contribution in [-0.4, -0.2) is 130 Å². The van der Waals surface area contributed by atoms with E-state index < -0.39 is 99.7 Å². The summed E-state index contributed by atoms with van der Waals surface area (Å²) in [6.45, 7) is 20.8. The summed E-state index contributed by atoms with van der Waals surface area (Å²) in [7, 11) is 0.310. The van der Waals surface area contributed by atoms with Crippen molar-refractivity contribution in [2.75, 3.05) is 19.8 Å². The number of aromatic amines is 1. The van der Waals surface area contributed by atoms with Gasteiger partial charge in [0.1, 0.15) is 19.7 Å². The number of nitrogens with one attached hydrogen (secondary N) is 3. The third-order valence-corrected chi connectivity index (χ3v) is 23.1. The largest absolute Gasteiger partial charge is 0.477 e. The van der Waals surface area contributed by atoms with Crippen LogP contribution in [0.15, 0.2) is 226 Å². The van der Waals surface area contributed by atoms with Gasteiger partial charge in [0, 0.05) is 58.2 Å². The maximum atomic E-state index is 14.4. The van der Waals surface area contributed by atoms with Gasteiger partial charge < -0.3 is 24.9 Å². The summed E-state index contributed by atoms with van der Waals surface area (Å²) in [6.07, 6.45) is 15.1. The molecule has 5 N–H and O–H groups in total. The third kappa shape index (κ3) is 37.9. The van der Waals surface area contributed by atoms with E-state index in [9.17, 15) is 66.9 Å². The number of aromatic nitrogens is 16. The van der Waals surface area contributed by atoms with Crippen LogP contribution in [0.5, 0.6) is 17.6 Å². The molecule has 13 aromatic rings. The molecular weight excluding hydrogens is 1870 g/mol. The molecule has 0 saturated heterocycles. The first kappa shape index (κ1) is 104. The predicted molar refractivity (Wildman–Crippen MR) is 485 cm³/mol. The lowest BCUT2D eigenvalue weighted by Gasteiger charge is -2.16. The van der Waals surface area contributed by atoms with Crippen molar-refractivity contribution in [1.29, 1.82) is 0 Å². The molecule has 16 rings (SSSR count). The van der Waals surface area contributed by atoms with Gasteiger partial charge >= 0.3 is 0 Å². The molecule has 3 amide bonds. The molecular formula is C88H90F11N19O7S7. The number of thioether (sulfide) groups is 1. The number of thiol groups is 1. The predicted octanol–water partition coefficient (Wildman–Crippen LogP) is 20.6. The topological polar surface area (TPSA) is 331 Å². The first-order valence-corrected chi connectivity index (χ1v) is 45.9. The van der Waals surface area contributed by atoms with Crippen molar-refractivity contribution in [1.82, 2.24) is 88.6 Å². The normalized spacial score (nSPS) is 13.3. The van der Waals surface area contributed by atoms with Crippen molar-refractivity contribution in [3.8, 4) is 35.1 Å². The van der Waals surface area contributed by atoms with Crippen LogP contribution in [0.2, 0.25) is 0 Å². The summed E-state index contributed by atoms with van der Waals surface area (Å²) >= 11 is 11.1. The van der Waals surface area contributed by atoms with Crippen LogP contribution < -0.4 is 29.4 Å². The van der Waals surface area contributed by atoms with Gasteiger partial charge in [-0.25, -0.2) is 43.2 Å². The number of carbonyl (C=O) groups is 3. The highest BCUT2D eigenvalue weighted by Crippen LogP contribution is 2.49. The van der Waals surface area contributed by atoms with Crippen LogP contribution in [-0.2, 0) is 11.0 Å². The molecule has 0 radical (unpaired) electrons. The van der Waals surface area contributed by atoms with E-state index in [1.165, 1.54) is 171 Å². The number of carbonyl (C=O) groups excluding carboxylic acids is 3. The SMILES string of the molecule is CC(C)(C)S.CC(C)(C)Sc1cccc(F)n1.CC1(CCOc2ccn(-c3ccc(C(=O)NS(=O)c4cccc(F)n4)c(F)n3)n2)CC1.CC1(CCOc2ccn(-c3ccc(C(=O)NSc4cccc(F)n4)c(F)n3)n2)CC1.CC1(CCOc2ccn(-c3ccc(C(N)=O)c(F)n3)n2)CC1.Fc1cccc(=S)[nH]1.Fc1cccc(F)n1.Fc1cccc(SSc2cccc(F)n2)n1. The maximum absolute atomic E-state index is 14.4. The Hall–Kier alpha value is -11.7. The van der Waals surface area contributed by atoms with Gasteiger partial charge in [-0.3, -0.25) is 23.8 Å². The minimum atomic E-state index is -2.16. The zero-order valence-electron chi connectivity index (χ0n) is 72.2. The highest BCUT2D eigenvalue weighted by Gasteiger charge is 2.38. The van der Waals surface area contributed by atoms with E-state index in [1.807, 2.05) is 6.07 Å². The van der Waals surface area contributed by atoms with Gasteiger partial charge in [0.05, 0.1) is 41.5 Å². The lowest BCUT2D eigenvalue weighted by atomic mass is 10.1. The highest BCUT2D eigenvalue weighted by molar-refractivity contribution is 8.76. The Labute approximate surface area is 782 Å². The Morgan fingerprint density at radius 2 is 0.780 bits per heavy atom. The lowest BCUT2D eigenvalue weighted by Crippen LogP contribution is -2.27. The van der Waals surface area contributed by atoms with E-state index in [0.717, 1.165) is 54.4 Å². The van der Waals surface area contributed by atoms with Crippen LogP contribution in [0.3, 0.4) is 0 Å². The standard InChI is InChI=1S/C20H19F2N5O3S.C20H19F2N5O2S.C15H17FN4O2.C10H6F2N2S2.C9H12FNS.C5H3F2N.C5H4FNS.C4H10S/c1-20(8-9-20)10-12-30-16-7-11-27(25-16)15-6-5-13(18(22)24-15)19(28)26-31(29)17-4-2-3-14(21)23-17;1-20(8-9-20)10-12-29-16-7-11-27(25-16)15-6-5-13(18(22)24-15)19(28)26-30-17-4-2-3-14(21)23-17;1-15(5-6-15)7-9-22-12-4-8-20(19-12)11-3-2-10(14(17)21)13(16)18-11;11-7-3-1-5-9(13-7)15-16-10-6-2-4-8(12)14-10;1-9(2,3)12-8-6-4-5-7(10)11-8;6-4-2-1-3-5(7)8-4;6-4-2-1-3-5(8)7-4;1-4(2,3)5/h2-7,11H,8-10,12H2,1H3,(H,26,28);2-7,11H,8-10,12H2,1H3,(H,26,28);2-4,8H,5-7,9H2,1H3,(H2,17,21);1-6H;4-6H,1-3H3;1-3H;1-3H,(H,7,8);5H,1-3H3. The number of hydrogen-bond donors (Lipinski definition) is 5. The highest BCUT2D eigenvalue weighted by atomic mass is 33.1. The van der Waals surface area contributed by atoms with Crippen molar-refractivity contribution in [2.45, 2.75) is 155 Å². The summed E-state index contributed by atoms with van der Waals surface area (Å²) in [4.78, 5) is 69.9. The zero-order valence-corrected chi connectivity index (χ0v) is 78.0. The number of primary amides is 1. The Balaban J connectivity index is 0.000000180. The third-order valence-electron chi connectivity index (χ3n) is 17.9. The molecule has 0 spiro atoms. The number of pyridine rings is 10. The van der Waals surface area contributed by atoms with E-state index in [0.29, 0.717) is 68.4 Å². The summed E-state index contributed by atoms with van der Waals surface area (Å²) in [5.74, 6) is -8.51. The number of nitrogens with two attached hydrogens (primary N) is 1. The van der Waals surface area contributed by atoms with Gasteiger partial charge in [0.2, 0.25) is 77.1 Å². The molecule has 3 saturated carbocycles. The van der Waals surface area contributed by atoms with Crippen molar-refractivity contribution in [3.63, 3.8) is 0 Å². The molecule has 1 unspecified atom stereocenters. The molecule has 3 aliphatic rings. The van der Waals surface area contributed by atoms with Gasteiger partial charge in [-0.1, -0.05) is 117 Å². The quantitative estimate of drug-likeness (QED) is 0.00639. The average molecular weight is 1960 g/mol. The number of hydrogen-bond acceptors (Lipinski definition) is 25. The van der Waals surface area contributed by atoms with Crippen molar-refractivity contribution in [2.24, 2.45) is 22.0 Å². The monoisotopic (exact) mass is 1960 g/mol. The Kier molecular flexibility index (Phi) is 38.7. The molecule has 132 heavy (non-hydrogen) atoms. The first-order chi connectivity index (χ1) is 62.5. The van der Waals surface area contributed by atoms with Gasteiger partial charge in [0.15, 0.2) is 39.4 Å². The first-order valence-electron chi connectivity index (χ1n) is 40.1. The number of rotatable bonds is 26. The number of halogens is 11. The fourth-order valence-corrected chi connectivity index (χ4v) is 14.3. The van der Waals surface area contributed by atoms with Crippen LogP contribution >= 0.6 is 70.1 Å². The van der Waals surface area contributed by atoms with E-state index in [4.69, 9.17) is 19.9 Å². The van der Waals surface area contributed by atoms with Gasteiger partial charge in [-0.05, 0) is 217 Å². The molecule has 1 atom stereocenters. The van der Waals surface area contributed by atoms with Crippen molar-refractivity contribution < 1.29 is 81.1 Å². The molecule has 44 heteroatoms. The molecule has 13 aromatic heterocycles. The molecule has 0 aliphatic heterocycles. The van der Waals surface area contributed by atoms with E-state index in [2.05, 4.69) is 162 Å². The lowest BCUT2D eigenvalue weighted by molar-refractivity contribution is 0.0969. The second-order valence-corrected chi connectivity index (χ2v) is 39.6. The van der Waals surface area contributed by atoms with Crippen LogP contribution in [0, 0.1) is 86.3 Å². The van der Waals surface area contributed by atoms with Gasteiger partial charge in [-0.2, -0.15) is 80.9 Å². The molecule has 13 heterocycles. The van der Waals surface area contributed by atoms with Crippen molar-refractivity contribution >= 4 is 98.9 Å². The zero-order chi connectivity index (χ0) is 95.9. The Bertz CT molecular complexity index is 6040. The number of H-pyrrole nitrogens is 1. The summed E-state index contributed by atoms with van der Waals surface area (Å²) < 4.78 is 181. The fourth-order valence-electron chi connectivity index (χ4n) is 10.1. The van der Waals surface area contributed by atoms with E-state index in [-0.39, 0.29) is 48.1 Å². The molecule has 3 aliphatic carbocycles. The summed E-state index contributed by atoms with van der Waals surface area (Å²) in [5, 5.41) is 14.5. The Morgan fingerprint density at radius 1 is 0.447 bits per heavy atom. The molecule has 0 aromatic carbocycles. The smallest absolute Gasteiger partial charge is 0.267 e. The Morgan fingerprint density at radius 3 is 1.11 bits per heavy atom. The summed E-state index contributed by atoms with van der Waals surface area (Å²) in [5.41, 5.74) is 5.32. The van der Waals surface area contributed by atoms with Crippen molar-refractivity contribution in [3.05, 3.63) is 287 Å². The van der Waals surface area contributed by atoms with Crippen LogP contribution in [0.4, 0.5) is 48.3 Å². The number of ether oxygens (including phenoxy) is 3. The number of amides is 3. The van der Waals surface area contributed by atoms with E-state index >= 15 is 0 Å². The molecule has 0 bridgehead atoms. The molecule has 698 valence electrons. The summed E-state index contributed by atoms with van der Waals surface area (Å²) in [6, 6.07) is 42.8. The van der Waals surface area contributed by atoms with Gasteiger partial charge in [-0.15, -0.1) is 27.1 Å². The molecule has 26 nitrogen and oxygen atoms in total. The van der Waals surface area contributed by atoms with Crippen LogP contribution in [0.25, 0.3) is 17.5 Å². The van der Waals surface area contributed by atoms with E-state index in [1.54, 1.807) is 91.0 Å². The minimum Gasteiger partial charge on any atom is -0.477 e. The minimum absolute atomic E-state index is 0.0841. The second kappa shape index (κ2) is 49.1. The maximum Gasteiger partial charge on any atom is 0.267 e. The average Bonchev–Trinajstić information content (AvgIpc) is 0.923. The van der Waals surface area contributed by atoms with Gasteiger partial charge in [0.25, 0.3) is 17.7 Å². The van der Waals surface area contributed by atoms with Crippen LogP contribution in [0.1, 0.15) is 151 Å². The second-order valence-electron chi connectivity index (χ2n) is 31.8. The number of nitrogens with zero attached hydrogens (tertiary/aromatic N) is 15. The molecule has 3 fully saturated rings. The fraction of sp³-hybridized carbons (Fsp3) is 0.295.